The maximum atomic E-state index is 13.9. The zero-order valence-electron chi connectivity index (χ0n) is 16.7. The number of benzene rings is 1. The summed E-state index contributed by atoms with van der Waals surface area (Å²) in [5.41, 5.74) is 1.39. The van der Waals surface area contributed by atoms with Gasteiger partial charge in [-0.05, 0) is 48.4 Å². The molecule has 1 amide bonds. The van der Waals surface area contributed by atoms with Gasteiger partial charge in [0.15, 0.2) is 0 Å². The van der Waals surface area contributed by atoms with Crippen LogP contribution in [0.5, 0.6) is 0 Å². The van der Waals surface area contributed by atoms with E-state index < -0.39 is 15.8 Å². The molecule has 1 N–H and O–H groups in total. The molecule has 0 unspecified atom stereocenters. The van der Waals surface area contributed by atoms with Crippen molar-refractivity contribution in [3.8, 4) is 0 Å². The van der Waals surface area contributed by atoms with Crippen LogP contribution in [0.4, 0.5) is 4.39 Å². The maximum absolute atomic E-state index is 13.9. The summed E-state index contributed by atoms with van der Waals surface area (Å²) in [4.78, 5) is 16.0. The lowest BCUT2D eigenvalue weighted by atomic mass is 9.97. The van der Waals surface area contributed by atoms with Gasteiger partial charge in [-0.1, -0.05) is 12.1 Å². The summed E-state index contributed by atoms with van der Waals surface area (Å²) >= 11 is 1.81. The van der Waals surface area contributed by atoms with Crippen molar-refractivity contribution in [2.75, 3.05) is 32.7 Å². The first kappa shape index (κ1) is 21.4. The predicted octanol–water partition coefficient (Wildman–Crippen LogP) is 2.46. The van der Waals surface area contributed by atoms with Gasteiger partial charge in [0.1, 0.15) is 10.7 Å². The molecule has 2 aliphatic heterocycles. The van der Waals surface area contributed by atoms with Crippen molar-refractivity contribution in [3.05, 3.63) is 52.0 Å². The number of hydrogen-bond donors (Lipinski definition) is 1. The van der Waals surface area contributed by atoms with Gasteiger partial charge >= 0.3 is 0 Å². The topological polar surface area (TPSA) is 69.7 Å². The number of nitrogens with zero attached hydrogens (tertiary/aromatic N) is 2. The van der Waals surface area contributed by atoms with Crippen LogP contribution in [0, 0.1) is 11.7 Å². The van der Waals surface area contributed by atoms with Crippen molar-refractivity contribution in [1.82, 2.24) is 14.5 Å². The summed E-state index contributed by atoms with van der Waals surface area (Å²) in [5, 5.41) is 5.14. The van der Waals surface area contributed by atoms with Crippen LogP contribution >= 0.6 is 11.3 Å². The van der Waals surface area contributed by atoms with Gasteiger partial charge in [0.25, 0.3) is 0 Å². The number of rotatable bonds is 6. The molecule has 0 bridgehead atoms. The highest BCUT2D eigenvalue weighted by molar-refractivity contribution is 7.89. The number of halogens is 1. The molecule has 0 saturated carbocycles. The van der Waals surface area contributed by atoms with Crippen LogP contribution in [0.15, 0.2) is 40.6 Å². The van der Waals surface area contributed by atoms with E-state index in [0.717, 1.165) is 32.1 Å². The molecule has 9 heteroatoms. The fourth-order valence-corrected chi connectivity index (χ4v) is 6.56. The molecule has 1 saturated heterocycles. The Bertz CT molecular complexity index is 1000. The van der Waals surface area contributed by atoms with Crippen LogP contribution in [0.2, 0.25) is 0 Å². The summed E-state index contributed by atoms with van der Waals surface area (Å²) in [5.74, 6) is -0.974. The summed E-state index contributed by atoms with van der Waals surface area (Å²) in [6.45, 7) is 3.79. The zero-order valence-corrected chi connectivity index (χ0v) is 18.4. The lowest BCUT2D eigenvalue weighted by molar-refractivity contribution is -0.126. The first-order valence-electron chi connectivity index (χ1n) is 10.2. The molecule has 4 rings (SSSR count). The molecule has 0 radical (unpaired) electrons. The van der Waals surface area contributed by atoms with Crippen LogP contribution < -0.4 is 5.32 Å². The number of carbonyl (C=O) groups excluding carboxylic acids is 1. The Balaban J connectivity index is 1.23. The SMILES string of the molecule is O=C(NCCN1CCc2sccc2C1)C1CCN(S(=O)(=O)c2ccccc2F)CC1. The van der Waals surface area contributed by atoms with Crippen molar-refractivity contribution in [2.45, 2.75) is 30.7 Å². The Labute approximate surface area is 180 Å². The number of thiophene rings is 1. The fraction of sp³-hybridized carbons (Fsp3) is 0.476. The van der Waals surface area contributed by atoms with Crippen molar-refractivity contribution in [3.63, 3.8) is 0 Å². The number of amides is 1. The smallest absolute Gasteiger partial charge is 0.245 e. The van der Waals surface area contributed by atoms with E-state index >= 15 is 0 Å². The van der Waals surface area contributed by atoms with Crippen molar-refractivity contribution >= 4 is 27.3 Å². The third kappa shape index (κ3) is 4.59. The number of fused-ring (bicyclic) bond motifs is 1. The molecule has 6 nitrogen and oxygen atoms in total. The van der Waals surface area contributed by atoms with Crippen LogP contribution in [0.1, 0.15) is 23.3 Å². The largest absolute Gasteiger partial charge is 0.355 e. The van der Waals surface area contributed by atoms with Gasteiger partial charge in [0.05, 0.1) is 0 Å². The standard InChI is InChI=1S/C21H26FN3O3S2/c22-18-3-1-2-4-20(18)30(27,28)25-11-5-16(6-12-25)21(26)23-9-13-24-10-7-19-17(15-24)8-14-29-19/h1-4,8,14,16H,5-7,9-13,15H2,(H,23,26). The third-order valence-electron chi connectivity index (χ3n) is 5.89. The second-order valence-electron chi connectivity index (χ2n) is 7.79. The Kier molecular flexibility index (Phi) is 6.52. The average molecular weight is 452 g/mol. The summed E-state index contributed by atoms with van der Waals surface area (Å²) in [6, 6.07) is 7.58. The Morgan fingerprint density at radius 2 is 1.93 bits per heavy atom. The summed E-state index contributed by atoms with van der Waals surface area (Å²) < 4.78 is 40.6. The molecular formula is C21H26FN3O3S2. The number of nitrogens with one attached hydrogen (secondary N) is 1. The second kappa shape index (κ2) is 9.13. The van der Waals surface area contributed by atoms with Gasteiger partial charge in [-0.3, -0.25) is 9.69 Å². The number of hydrogen-bond acceptors (Lipinski definition) is 5. The van der Waals surface area contributed by atoms with Crippen molar-refractivity contribution in [1.29, 1.82) is 0 Å². The van der Waals surface area contributed by atoms with E-state index in [0.29, 0.717) is 19.4 Å². The van der Waals surface area contributed by atoms with Crippen LogP contribution in [0.3, 0.4) is 0 Å². The molecule has 30 heavy (non-hydrogen) atoms. The van der Waals surface area contributed by atoms with E-state index in [1.54, 1.807) is 0 Å². The van der Waals surface area contributed by atoms with Crippen molar-refractivity contribution < 1.29 is 17.6 Å². The molecule has 0 aliphatic carbocycles. The van der Waals surface area contributed by atoms with Crippen molar-refractivity contribution in [2.24, 2.45) is 5.92 Å². The van der Waals surface area contributed by atoms with E-state index in [2.05, 4.69) is 21.7 Å². The Morgan fingerprint density at radius 3 is 2.70 bits per heavy atom. The molecule has 1 aromatic heterocycles. The minimum atomic E-state index is -3.87. The second-order valence-corrected chi connectivity index (χ2v) is 10.7. The van der Waals surface area contributed by atoms with Crippen LogP contribution in [-0.4, -0.2) is 56.3 Å². The fourth-order valence-electron chi connectivity index (χ4n) is 4.13. The molecule has 2 aromatic rings. The number of sulfonamides is 1. The Morgan fingerprint density at radius 1 is 1.17 bits per heavy atom. The van der Waals surface area contributed by atoms with Crippen LogP contribution in [0.25, 0.3) is 0 Å². The monoisotopic (exact) mass is 451 g/mol. The third-order valence-corrected chi connectivity index (χ3v) is 8.85. The molecule has 3 heterocycles. The number of carbonyl (C=O) groups is 1. The van der Waals surface area contributed by atoms with E-state index in [1.165, 1.54) is 32.9 Å². The lowest BCUT2D eigenvalue weighted by Crippen LogP contribution is -2.44. The summed E-state index contributed by atoms with van der Waals surface area (Å²) in [6.07, 6.45) is 1.96. The molecular weight excluding hydrogens is 425 g/mol. The zero-order chi connectivity index (χ0) is 21.1. The molecule has 0 atom stereocenters. The first-order valence-corrected chi connectivity index (χ1v) is 12.6. The van der Waals surface area contributed by atoms with Gasteiger partial charge in [0, 0.05) is 50.1 Å². The lowest BCUT2D eigenvalue weighted by Gasteiger charge is -2.31. The molecule has 1 aromatic carbocycles. The quantitative estimate of drug-likeness (QED) is 0.733. The van der Waals surface area contributed by atoms with E-state index in [4.69, 9.17) is 0 Å². The maximum Gasteiger partial charge on any atom is 0.245 e. The summed E-state index contributed by atoms with van der Waals surface area (Å²) in [7, 11) is -3.87. The highest BCUT2D eigenvalue weighted by Crippen LogP contribution is 2.26. The van der Waals surface area contributed by atoms with Gasteiger partial charge in [-0.15, -0.1) is 11.3 Å². The highest BCUT2D eigenvalue weighted by atomic mass is 32.2. The Hall–Kier alpha value is -1.81. The van der Waals surface area contributed by atoms with Gasteiger partial charge in [-0.2, -0.15) is 4.31 Å². The van der Waals surface area contributed by atoms with Crippen LogP contribution in [-0.2, 0) is 27.8 Å². The molecule has 0 spiro atoms. The first-order chi connectivity index (χ1) is 14.4. The van der Waals surface area contributed by atoms with E-state index in [1.807, 2.05) is 11.3 Å². The molecule has 2 aliphatic rings. The van der Waals surface area contributed by atoms with Gasteiger partial charge < -0.3 is 5.32 Å². The predicted molar refractivity (Wildman–Crippen MR) is 114 cm³/mol. The normalized spacial score (nSPS) is 18.8. The minimum absolute atomic E-state index is 0.0221. The molecule has 162 valence electrons. The highest BCUT2D eigenvalue weighted by Gasteiger charge is 2.33. The average Bonchev–Trinajstić information content (AvgIpc) is 3.22. The van der Waals surface area contributed by atoms with E-state index in [9.17, 15) is 17.6 Å². The number of piperidine rings is 1. The minimum Gasteiger partial charge on any atom is -0.355 e. The van der Waals surface area contributed by atoms with E-state index in [-0.39, 0.29) is 29.8 Å². The van der Waals surface area contributed by atoms with Gasteiger partial charge in [-0.25, -0.2) is 12.8 Å². The molecule has 1 fully saturated rings. The van der Waals surface area contributed by atoms with Gasteiger partial charge in [0.2, 0.25) is 15.9 Å².